The van der Waals surface area contributed by atoms with E-state index in [1.165, 1.54) is 0 Å². The van der Waals surface area contributed by atoms with Crippen molar-refractivity contribution in [2.24, 2.45) is 0 Å². The molecule has 1 unspecified atom stereocenters. The Morgan fingerprint density at radius 2 is 2.12 bits per heavy atom. The standard InChI is InChI=1S/C13H16ClNO2/c1-8(2)15-7-11(16)13-6-9-5-10(14)3-4-12(9)17-13/h3-6,8,11,15-16H,7H2,1-2H3. The van der Waals surface area contributed by atoms with Gasteiger partial charge in [0.15, 0.2) is 0 Å². The zero-order chi connectivity index (χ0) is 12.4. The Hall–Kier alpha value is -1.03. The van der Waals surface area contributed by atoms with Gasteiger partial charge in [0.1, 0.15) is 17.4 Å². The Morgan fingerprint density at radius 3 is 2.82 bits per heavy atom. The number of rotatable bonds is 4. The molecule has 2 aromatic rings. The predicted octanol–water partition coefficient (Wildman–Crippen LogP) is 3.12. The van der Waals surface area contributed by atoms with E-state index < -0.39 is 6.10 Å². The van der Waals surface area contributed by atoms with Crippen LogP contribution in [0.1, 0.15) is 25.7 Å². The van der Waals surface area contributed by atoms with Crippen LogP contribution in [-0.4, -0.2) is 17.7 Å². The van der Waals surface area contributed by atoms with E-state index in [2.05, 4.69) is 5.32 Å². The molecule has 2 N–H and O–H groups in total. The Morgan fingerprint density at radius 1 is 1.35 bits per heavy atom. The summed E-state index contributed by atoms with van der Waals surface area (Å²) in [6.07, 6.45) is -0.636. The van der Waals surface area contributed by atoms with Crippen LogP contribution in [0.2, 0.25) is 5.02 Å². The van der Waals surface area contributed by atoms with Crippen molar-refractivity contribution in [2.45, 2.75) is 26.0 Å². The average molecular weight is 254 g/mol. The van der Waals surface area contributed by atoms with Gasteiger partial charge in [-0.25, -0.2) is 0 Å². The van der Waals surface area contributed by atoms with Crippen LogP contribution in [0.4, 0.5) is 0 Å². The highest BCUT2D eigenvalue weighted by Crippen LogP contribution is 2.26. The van der Waals surface area contributed by atoms with Crippen molar-refractivity contribution < 1.29 is 9.52 Å². The van der Waals surface area contributed by atoms with Crippen molar-refractivity contribution in [3.8, 4) is 0 Å². The number of hydrogen-bond donors (Lipinski definition) is 2. The first-order valence-electron chi connectivity index (χ1n) is 5.66. The maximum absolute atomic E-state index is 9.95. The van der Waals surface area contributed by atoms with Crippen LogP contribution in [0.5, 0.6) is 0 Å². The fourth-order valence-corrected chi connectivity index (χ4v) is 1.83. The van der Waals surface area contributed by atoms with E-state index in [-0.39, 0.29) is 0 Å². The molecule has 1 aromatic carbocycles. The molecule has 0 bridgehead atoms. The fraction of sp³-hybridized carbons (Fsp3) is 0.385. The Bertz CT molecular complexity index is 507. The van der Waals surface area contributed by atoms with Crippen LogP contribution in [0, 0.1) is 0 Å². The van der Waals surface area contributed by atoms with Crippen molar-refractivity contribution >= 4 is 22.6 Å². The monoisotopic (exact) mass is 253 g/mol. The molecule has 3 nitrogen and oxygen atoms in total. The van der Waals surface area contributed by atoms with E-state index in [9.17, 15) is 5.11 Å². The summed E-state index contributed by atoms with van der Waals surface area (Å²) in [5.74, 6) is 0.565. The first-order valence-corrected chi connectivity index (χ1v) is 6.04. The summed E-state index contributed by atoms with van der Waals surface area (Å²) in [4.78, 5) is 0. The van der Waals surface area contributed by atoms with E-state index in [0.29, 0.717) is 23.4 Å². The van der Waals surface area contributed by atoms with Gasteiger partial charge in [0.25, 0.3) is 0 Å². The van der Waals surface area contributed by atoms with Gasteiger partial charge in [0.2, 0.25) is 0 Å². The van der Waals surface area contributed by atoms with Crippen LogP contribution >= 0.6 is 11.6 Å². The van der Waals surface area contributed by atoms with Crippen molar-refractivity contribution in [3.05, 3.63) is 35.0 Å². The van der Waals surface area contributed by atoms with Crippen LogP contribution in [0.3, 0.4) is 0 Å². The zero-order valence-electron chi connectivity index (χ0n) is 9.90. The molecule has 1 atom stereocenters. The lowest BCUT2D eigenvalue weighted by molar-refractivity contribution is 0.147. The predicted molar refractivity (Wildman–Crippen MR) is 69.3 cm³/mol. The molecule has 4 heteroatoms. The van der Waals surface area contributed by atoms with E-state index in [0.717, 1.165) is 11.0 Å². The number of aliphatic hydroxyl groups excluding tert-OH is 1. The number of hydrogen-bond acceptors (Lipinski definition) is 3. The van der Waals surface area contributed by atoms with Gasteiger partial charge in [-0.2, -0.15) is 0 Å². The lowest BCUT2D eigenvalue weighted by atomic mass is 10.2. The van der Waals surface area contributed by atoms with Crippen LogP contribution in [0.15, 0.2) is 28.7 Å². The van der Waals surface area contributed by atoms with Crippen molar-refractivity contribution in [2.75, 3.05) is 6.54 Å². The fourth-order valence-electron chi connectivity index (χ4n) is 1.65. The minimum Gasteiger partial charge on any atom is -0.458 e. The summed E-state index contributed by atoms with van der Waals surface area (Å²) < 4.78 is 5.57. The van der Waals surface area contributed by atoms with E-state index in [4.69, 9.17) is 16.0 Å². The van der Waals surface area contributed by atoms with E-state index in [1.807, 2.05) is 32.0 Å². The van der Waals surface area contributed by atoms with E-state index in [1.54, 1.807) is 6.07 Å². The normalized spacial score (nSPS) is 13.5. The summed E-state index contributed by atoms with van der Waals surface area (Å²) >= 11 is 5.89. The quantitative estimate of drug-likeness (QED) is 0.880. The number of furan rings is 1. The molecule has 0 saturated carbocycles. The second-order valence-corrected chi connectivity index (χ2v) is 4.85. The van der Waals surface area contributed by atoms with Gasteiger partial charge in [-0.05, 0) is 24.3 Å². The molecule has 17 heavy (non-hydrogen) atoms. The van der Waals surface area contributed by atoms with Gasteiger partial charge in [-0.1, -0.05) is 25.4 Å². The molecule has 0 aliphatic heterocycles. The Kier molecular flexibility index (Phi) is 3.72. The Balaban J connectivity index is 2.18. The number of benzene rings is 1. The number of halogens is 1. The highest BCUT2D eigenvalue weighted by Gasteiger charge is 2.13. The first-order chi connectivity index (χ1) is 8.06. The van der Waals surface area contributed by atoms with Crippen molar-refractivity contribution in [1.29, 1.82) is 0 Å². The number of fused-ring (bicyclic) bond motifs is 1. The van der Waals surface area contributed by atoms with Gasteiger partial charge < -0.3 is 14.8 Å². The first kappa shape index (κ1) is 12.4. The van der Waals surface area contributed by atoms with Gasteiger partial charge in [-0.15, -0.1) is 0 Å². The van der Waals surface area contributed by atoms with Crippen molar-refractivity contribution in [3.63, 3.8) is 0 Å². The minimum absolute atomic E-state index is 0.337. The van der Waals surface area contributed by atoms with Crippen LogP contribution in [-0.2, 0) is 0 Å². The third-order valence-corrected chi connectivity index (χ3v) is 2.78. The molecular weight excluding hydrogens is 238 g/mol. The maximum Gasteiger partial charge on any atom is 0.135 e. The third kappa shape index (κ3) is 3.00. The van der Waals surface area contributed by atoms with Crippen LogP contribution < -0.4 is 5.32 Å². The molecule has 1 heterocycles. The van der Waals surface area contributed by atoms with Gasteiger partial charge >= 0.3 is 0 Å². The SMILES string of the molecule is CC(C)NCC(O)c1cc2cc(Cl)ccc2o1. The second-order valence-electron chi connectivity index (χ2n) is 4.41. The second kappa shape index (κ2) is 5.08. The Labute approximate surface area is 105 Å². The third-order valence-electron chi connectivity index (χ3n) is 2.55. The van der Waals surface area contributed by atoms with Gasteiger partial charge in [0, 0.05) is 23.0 Å². The summed E-state index contributed by atoms with van der Waals surface area (Å²) in [5, 5.41) is 14.7. The van der Waals surface area contributed by atoms with Gasteiger partial charge in [0.05, 0.1) is 0 Å². The zero-order valence-corrected chi connectivity index (χ0v) is 10.7. The largest absolute Gasteiger partial charge is 0.458 e. The molecule has 0 aliphatic carbocycles. The van der Waals surface area contributed by atoms with Crippen molar-refractivity contribution in [1.82, 2.24) is 5.32 Å². The summed E-state index contributed by atoms with van der Waals surface area (Å²) in [7, 11) is 0. The summed E-state index contributed by atoms with van der Waals surface area (Å²) in [6, 6.07) is 7.57. The molecule has 0 fully saturated rings. The number of aliphatic hydroxyl groups is 1. The van der Waals surface area contributed by atoms with Gasteiger partial charge in [-0.3, -0.25) is 0 Å². The molecule has 92 valence electrons. The highest BCUT2D eigenvalue weighted by molar-refractivity contribution is 6.31. The molecule has 0 radical (unpaired) electrons. The highest BCUT2D eigenvalue weighted by atomic mass is 35.5. The molecular formula is C13H16ClNO2. The topological polar surface area (TPSA) is 45.4 Å². The molecule has 0 spiro atoms. The number of nitrogens with one attached hydrogen (secondary N) is 1. The maximum atomic E-state index is 9.95. The molecule has 1 aromatic heterocycles. The average Bonchev–Trinajstić information content (AvgIpc) is 2.68. The smallest absolute Gasteiger partial charge is 0.135 e. The lowest BCUT2D eigenvalue weighted by Gasteiger charge is -2.11. The molecule has 0 aliphatic rings. The van der Waals surface area contributed by atoms with Crippen LogP contribution in [0.25, 0.3) is 11.0 Å². The molecule has 0 amide bonds. The summed E-state index contributed by atoms with van der Waals surface area (Å²) in [5.41, 5.74) is 0.744. The molecule has 2 rings (SSSR count). The minimum atomic E-state index is -0.636. The molecule has 0 saturated heterocycles. The summed E-state index contributed by atoms with van der Waals surface area (Å²) in [6.45, 7) is 4.54. The van der Waals surface area contributed by atoms with E-state index >= 15 is 0 Å². The lowest BCUT2D eigenvalue weighted by Crippen LogP contribution is -2.27.